The molecule has 1 N–H and O–H groups in total. The van der Waals surface area contributed by atoms with Gasteiger partial charge < -0.3 is 10.1 Å². The van der Waals surface area contributed by atoms with Crippen molar-refractivity contribution in [3.05, 3.63) is 65.7 Å². The lowest BCUT2D eigenvalue weighted by atomic mass is 10.1. The number of amides is 1. The van der Waals surface area contributed by atoms with E-state index in [9.17, 15) is 19.2 Å². The van der Waals surface area contributed by atoms with E-state index in [1.807, 2.05) is 0 Å². The SMILES string of the molecule is CC(=O)c1ccc(NC(=O)[C@H](C)OC(=O)CCC(=O)c2ccccc2)cc1. The van der Waals surface area contributed by atoms with Crippen LogP contribution in [0.5, 0.6) is 0 Å². The van der Waals surface area contributed by atoms with Crippen LogP contribution in [-0.2, 0) is 14.3 Å². The van der Waals surface area contributed by atoms with Gasteiger partial charge in [-0.2, -0.15) is 0 Å². The number of Topliss-reactive ketones (excluding diaryl/α,β-unsaturated/α-hetero) is 2. The lowest BCUT2D eigenvalue weighted by molar-refractivity contribution is -0.153. The molecule has 6 heteroatoms. The zero-order valence-electron chi connectivity index (χ0n) is 15.2. The van der Waals surface area contributed by atoms with E-state index in [2.05, 4.69) is 5.32 Å². The average molecular weight is 367 g/mol. The number of benzene rings is 2. The van der Waals surface area contributed by atoms with Crippen LogP contribution in [0.2, 0.25) is 0 Å². The quantitative estimate of drug-likeness (QED) is 0.570. The Balaban J connectivity index is 1.80. The van der Waals surface area contributed by atoms with Gasteiger partial charge in [-0.1, -0.05) is 30.3 Å². The molecule has 0 saturated heterocycles. The molecule has 0 unspecified atom stereocenters. The third-order valence-corrected chi connectivity index (χ3v) is 3.89. The molecule has 2 rings (SSSR count). The maximum atomic E-state index is 12.1. The van der Waals surface area contributed by atoms with Crippen molar-refractivity contribution in [1.82, 2.24) is 0 Å². The summed E-state index contributed by atoms with van der Waals surface area (Å²) in [6, 6.07) is 15.1. The van der Waals surface area contributed by atoms with Crippen molar-refractivity contribution in [2.45, 2.75) is 32.8 Å². The fourth-order valence-electron chi connectivity index (χ4n) is 2.33. The molecule has 0 aliphatic heterocycles. The van der Waals surface area contributed by atoms with E-state index in [4.69, 9.17) is 4.74 Å². The molecule has 0 fully saturated rings. The monoisotopic (exact) mass is 367 g/mol. The molecular formula is C21H21NO5. The smallest absolute Gasteiger partial charge is 0.307 e. The first-order valence-corrected chi connectivity index (χ1v) is 8.56. The molecule has 0 bridgehead atoms. The molecule has 27 heavy (non-hydrogen) atoms. The van der Waals surface area contributed by atoms with Gasteiger partial charge in [0.2, 0.25) is 0 Å². The minimum Gasteiger partial charge on any atom is -0.453 e. The van der Waals surface area contributed by atoms with Crippen LogP contribution < -0.4 is 5.32 Å². The van der Waals surface area contributed by atoms with Gasteiger partial charge in [0, 0.05) is 23.2 Å². The Kier molecular flexibility index (Phi) is 7.00. The number of rotatable bonds is 8. The predicted molar refractivity (Wildman–Crippen MR) is 101 cm³/mol. The van der Waals surface area contributed by atoms with Gasteiger partial charge in [0.05, 0.1) is 6.42 Å². The van der Waals surface area contributed by atoms with Crippen LogP contribution in [0.25, 0.3) is 0 Å². The van der Waals surface area contributed by atoms with Crippen molar-refractivity contribution in [3.8, 4) is 0 Å². The van der Waals surface area contributed by atoms with Gasteiger partial charge >= 0.3 is 5.97 Å². The van der Waals surface area contributed by atoms with Crippen molar-refractivity contribution in [2.75, 3.05) is 5.32 Å². The first-order chi connectivity index (χ1) is 12.9. The highest BCUT2D eigenvalue weighted by Crippen LogP contribution is 2.12. The topological polar surface area (TPSA) is 89.5 Å². The summed E-state index contributed by atoms with van der Waals surface area (Å²) < 4.78 is 5.08. The Hall–Kier alpha value is -3.28. The molecule has 0 radical (unpaired) electrons. The Morgan fingerprint density at radius 3 is 2.11 bits per heavy atom. The van der Waals surface area contributed by atoms with Crippen LogP contribution in [0, 0.1) is 0 Å². The molecule has 0 aliphatic carbocycles. The Morgan fingerprint density at radius 1 is 0.889 bits per heavy atom. The molecular weight excluding hydrogens is 346 g/mol. The molecule has 6 nitrogen and oxygen atoms in total. The van der Waals surface area contributed by atoms with Gasteiger partial charge in [0.1, 0.15) is 0 Å². The summed E-state index contributed by atoms with van der Waals surface area (Å²) in [7, 11) is 0. The van der Waals surface area contributed by atoms with Gasteiger partial charge in [0.25, 0.3) is 5.91 Å². The number of carbonyl (C=O) groups excluding carboxylic acids is 4. The fourth-order valence-corrected chi connectivity index (χ4v) is 2.33. The summed E-state index contributed by atoms with van der Waals surface area (Å²) >= 11 is 0. The summed E-state index contributed by atoms with van der Waals surface area (Å²) in [5.74, 6) is -1.34. The van der Waals surface area contributed by atoms with Gasteiger partial charge in [0.15, 0.2) is 17.7 Å². The van der Waals surface area contributed by atoms with E-state index in [1.165, 1.54) is 13.8 Å². The molecule has 0 aromatic heterocycles. The Bertz CT molecular complexity index is 827. The van der Waals surface area contributed by atoms with Crippen LogP contribution in [-0.4, -0.2) is 29.5 Å². The first kappa shape index (κ1) is 20.0. The van der Waals surface area contributed by atoms with Crippen LogP contribution in [0.15, 0.2) is 54.6 Å². The third-order valence-electron chi connectivity index (χ3n) is 3.89. The summed E-state index contributed by atoms with van der Waals surface area (Å²) in [6.07, 6.45) is -1.08. The van der Waals surface area contributed by atoms with E-state index in [0.717, 1.165) is 0 Å². The van der Waals surface area contributed by atoms with Gasteiger partial charge in [-0.15, -0.1) is 0 Å². The average Bonchev–Trinajstić information content (AvgIpc) is 2.67. The number of hydrogen-bond donors (Lipinski definition) is 1. The number of carbonyl (C=O) groups is 4. The second-order valence-corrected chi connectivity index (χ2v) is 6.04. The molecule has 1 amide bonds. The van der Waals surface area contributed by atoms with Crippen LogP contribution >= 0.6 is 0 Å². The lowest BCUT2D eigenvalue weighted by Gasteiger charge is -2.13. The maximum Gasteiger partial charge on any atom is 0.307 e. The van der Waals surface area contributed by atoms with E-state index >= 15 is 0 Å². The third kappa shape index (κ3) is 6.18. The van der Waals surface area contributed by atoms with Crippen molar-refractivity contribution in [1.29, 1.82) is 0 Å². The minimum absolute atomic E-state index is 0.0176. The number of hydrogen-bond acceptors (Lipinski definition) is 5. The molecule has 1 atom stereocenters. The van der Waals surface area contributed by atoms with Crippen LogP contribution in [0.1, 0.15) is 47.4 Å². The van der Waals surface area contributed by atoms with Crippen molar-refractivity contribution < 1.29 is 23.9 Å². The molecule has 2 aromatic rings. The molecule has 0 aliphatic rings. The van der Waals surface area contributed by atoms with Gasteiger partial charge in [-0.25, -0.2) is 0 Å². The highest BCUT2D eigenvalue weighted by Gasteiger charge is 2.19. The predicted octanol–water partition coefficient (Wildman–Crippen LogP) is 3.42. The fraction of sp³-hybridized carbons (Fsp3) is 0.238. The zero-order valence-corrected chi connectivity index (χ0v) is 15.2. The molecule has 0 saturated carbocycles. The summed E-state index contributed by atoms with van der Waals surface area (Å²) in [4.78, 5) is 47.2. The van der Waals surface area contributed by atoms with E-state index in [-0.39, 0.29) is 24.4 Å². The van der Waals surface area contributed by atoms with Crippen LogP contribution in [0.4, 0.5) is 5.69 Å². The number of nitrogens with one attached hydrogen (secondary N) is 1. The second kappa shape index (κ2) is 9.43. The number of ether oxygens (including phenoxy) is 1. The number of anilines is 1. The number of ketones is 2. The van der Waals surface area contributed by atoms with Crippen molar-refractivity contribution in [2.24, 2.45) is 0 Å². The summed E-state index contributed by atoms with van der Waals surface area (Å²) in [6.45, 7) is 2.91. The van der Waals surface area contributed by atoms with Crippen molar-refractivity contribution >= 4 is 29.1 Å². The highest BCUT2D eigenvalue weighted by molar-refractivity contribution is 5.98. The van der Waals surface area contributed by atoms with Crippen molar-refractivity contribution in [3.63, 3.8) is 0 Å². The standard InChI is InChI=1S/C21H21NO5/c1-14(23)16-8-10-18(11-9-16)22-21(26)15(2)27-20(25)13-12-19(24)17-6-4-3-5-7-17/h3-11,15H,12-13H2,1-2H3,(H,22,26)/t15-/m0/s1. The molecule has 140 valence electrons. The van der Waals surface area contributed by atoms with Gasteiger partial charge in [-0.05, 0) is 38.1 Å². The summed E-state index contributed by atoms with van der Waals surface area (Å²) in [5, 5.41) is 2.61. The Morgan fingerprint density at radius 2 is 1.52 bits per heavy atom. The molecule has 2 aromatic carbocycles. The van der Waals surface area contributed by atoms with E-state index < -0.39 is 18.0 Å². The summed E-state index contributed by atoms with van der Waals surface area (Å²) in [5.41, 5.74) is 1.56. The van der Waals surface area contributed by atoms with Gasteiger partial charge in [-0.3, -0.25) is 19.2 Å². The highest BCUT2D eigenvalue weighted by atomic mass is 16.5. The maximum absolute atomic E-state index is 12.1. The lowest BCUT2D eigenvalue weighted by Crippen LogP contribution is -2.30. The number of esters is 1. The first-order valence-electron chi connectivity index (χ1n) is 8.56. The second-order valence-electron chi connectivity index (χ2n) is 6.04. The van der Waals surface area contributed by atoms with E-state index in [1.54, 1.807) is 54.6 Å². The molecule has 0 spiro atoms. The zero-order chi connectivity index (χ0) is 19.8. The van der Waals surface area contributed by atoms with E-state index in [0.29, 0.717) is 16.8 Å². The van der Waals surface area contributed by atoms with Crippen LogP contribution in [0.3, 0.4) is 0 Å². The minimum atomic E-state index is -1.00. The largest absolute Gasteiger partial charge is 0.453 e. The molecule has 0 heterocycles. The normalized spacial score (nSPS) is 11.3. The Labute approximate surface area is 157 Å².